The van der Waals surface area contributed by atoms with E-state index < -0.39 is 38.2 Å². The summed E-state index contributed by atoms with van der Waals surface area (Å²) < 4.78 is 32.9. The Balaban J connectivity index is 2.04. The average molecular weight is 515 g/mol. The van der Waals surface area contributed by atoms with Gasteiger partial charge in [-0.05, 0) is 62.7 Å². The van der Waals surface area contributed by atoms with Gasteiger partial charge in [-0.1, -0.05) is 39.7 Å². The number of amides is 1. The zero-order valence-electron chi connectivity index (χ0n) is 16.6. The first-order chi connectivity index (χ1) is 13.9. The molecule has 160 valence electrons. The standard InChI is InChI=1S/C21H21BrClNO5S/c1-20(2,3)29-19(26)24-21(12-25)17(13-4-6-14(22)7-5-13)18(21)30(27,28)16-10-8-15(23)9-11-16/h4-12,17-18H,1-3H3,(H,24,26)/t17-,18+,21+/m0/s1. The Morgan fingerprint density at radius 3 is 2.20 bits per heavy atom. The number of hydrogen-bond donors (Lipinski definition) is 1. The van der Waals surface area contributed by atoms with E-state index in [0.29, 0.717) is 16.9 Å². The van der Waals surface area contributed by atoms with E-state index in [4.69, 9.17) is 16.3 Å². The molecule has 6 nitrogen and oxygen atoms in total. The van der Waals surface area contributed by atoms with Gasteiger partial charge in [-0.15, -0.1) is 0 Å². The highest BCUT2D eigenvalue weighted by Crippen LogP contribution is 2.56. The fraction of sp³-hybridized carbons (Fsp3) is 0.333. The Morgan fingerprint density at radius 1 is 1.13 bits per heavy atom. The lowest BCUT2D eigenvalue weighted by Gasteiger charge is -2.22. The molecule has 0 saturated heterocycles. The Labute approximate surface area is 189 Å². The predicted octanol–water partition coefficient (Wildman–Crippen LogP) is 4.50. The molecule has 1 fully saturated rings. The molecule has 1 aliphatic carbocycles. The first-order valence-corrected chi connectivity index (χ1v) is 11.8. The number of carbonyl (C=O) groups is 2. The molecular formula is C21H21BrClNO5S. The van der Waals surface area contributed by atoms with Gasteiger partial charge >= 0.3 is 6.09 Å². The van der Waals surface area contributed by atoms with E-state index in [9.17, 15) is 18.0 Å². The van der Waals surface area contributed by atoms with Gasteiger partial charge in [-0.2, -0.15) is 0 Å². The van der Waals surface area contributed by atoms with Crippen LogP contribution in [0.5, 0.6) is 0 Å². The molecule has 2 aromatic carbocycles. The van der Waals surface area contributed by atoms with E-state index in [1.54, 1.807) is 45.0 Å². The maximum absolute atomic E-state index is 13.4. The van der Waals surface area contributed by atoms with Crippen LogP contribution in [0.4, 0.5) is 4.79 Å². The fourth-order valence-corrected chi connectivity index (χ4v) is 6.14. The van der Waals surface area contributed by atoms with Crippen molar-refractivity contribution in [3.63, 3.8) is 0 Å². The van der Waals surface area contributed by atoms with E-state index in [0.717, 1.165) is 4.47 Å². The minimum atomic E-state index is -3.97. The fourth-order valence-electron chi connectivity index (χ4n) is 3.50. The zero-order chi connectivity index (χ0) is 22.3. The molecule has 1 saturated carbocycles. The van der Waals surface area contributed by atoms with Crippen LogP contribution in [0.2, 0.25) is 5.02 Å². The second-order valence-electron chi connectivity index (χ2n) is 8.13. The number of ether oxygens (including phenoxy) is 1. The highest BCUT2D eigenvalue weighted by molar-refractivity contribution is 9.10. The molecule has 0 radical (unpaired) electrons. The minimum absolute atomic E-state index is 0.0220. The van der Waals surface area contributed by atoms with Gasteiger partial charge in [0.25, 0.3) is 0 Å². The summed E-state index contributed by atoms with van der Waals surface area (Å²) in [5.41, 5.74) is -1.83. The molecule has 30 heavy (non-hydrogen) atoms. The van der Waals surface area contributed by atoms with Gasteiger partial charge in [0.15, 0.2) is 9.84 Å². The van der Waals surface area contributed by atoms with Crippen LogP contribution >= 0.6 is 27.5 Å². The summed E-state index contributed by atoms with van der Waals surface area (Å²) in [6, 6.07) is 12.7. The van der Waals surface area contributed by atoms with Crippen LogP contribution in [0, 0.1) is 0 Å². The van der Waals surface area contributed by atoms with Crippen LogP contribution in [-0.2, 0) is 19.4 Å². The van der Waals surface area contributed by atoms with Gasteiger partial charge in [0.1, 0.15) is 22.7 Å². The van der Waals surface area contributed by atoms with Gasteiger partial charge in [0, 0.05) is 15.4 Å². The summed E-state index contributed by atoms with van der Waals surface area (Å²) in [5.74, 6) is -0.767. The summed E-state index contributed by atoms with van der Waals surface area (Å²) in [5, 5.41) is 1.74. The highest BCUT2D eigenvalue weighted by atomic mass is 79.9. The van der Waals surface area contributed by atoms with Crippen LogP contribution in [0.1, 0.15) is 32.3 Å². The Kier molecular flexibility index (Phi) is 6.06. The number of carbonyl (C=O) groups excluding carboxylic acids is 2. The number of hydrogen-bond acceptors (Lipinski definition) is 5. The van der Waals surface area contributed by atoms with Crippen LogP contribution in [0.25, 0.3) is 0 Å². The Bertz CT molecular complexity index is 1060. The van der Waals surface area contributed by atoms with Crippen molar-refractivity contribution in [2.24, 2.45) is 0 Å². The van der Waals surface area contributed by atoms with Crippen molar-refractivity contribution >= 4 is 49.7 Å². The summed E-state index contributed by atoms with van der Waals surface area (Å²) >= 11 is 9.22. The van der Waals surface area contributed by atoms with Crippen molar-refractivity contribution in [3.8, 4) is 0 Å². The van der Waals surface area contributed by atoms with E-state index in [1.807, 2.05) is 0 Å². The van der Waals surface area contributed by atoms with Gasteiger partial charge in [0.2, 0.25) is 0 Å². The molecule has 1 aliphatic rings. The molecule has 0 bridgehead atoms. The molecule has 0 aliphatic heterocycles. The Morgan fingerprint density at radius 2 is 1.70 bits per heavy atom. The molecule has 9 heteroatoms. The van der Waals surface area contributed by atoms with E-state index in [1.165, 1.54) is 24.3 Å². The SMILES string of the molecule is CC(C)(C)OC(=O)N[C@@]1(C=O)[C@H](S(=O)(=O)c2ccc(Cl)cc2)[C@@H]1c1ccc(Br)cc1. The molecule has 1 N–H and O–H groups in total. The van der Waals surface area contributed by atoms with Crippen molar-refractivity contribution < 1.29 is 22.7 Å². The third kappa shape index (κ3) is 4.40. The average Bonchev–Trinajstić information content (AvgIpc) is 3.30. The van der Waals surface area contributed by atoms with E-state index in [2.05, 4.69) is 21.2 Å². The lowest BCUT2D eigenvalue weighted by molar-refractivity contribution is -0.110. The number of rotatable bonds is 5. The molecule has 2 aromatic rings. The molecule has 1 amide bonds. The lowest BCUT2D eigenvalue weighted by Crippen LogP contribution is -2.45. The summed E-state index contributed by atoms with van der Waals surface area (Å²) in [6.45, 7) is 5.05. The van der Waals surface area contributed by atoms with E-state index in [-0.39, 0.29) is 4.90 Å². The van der Waals surface area contributed by atoms with E-state index >= 15 is 0 Å². The van der Waals surface area contributed by atoms with Gasteiger partial charge in [-0.25, -0.2) is 13.2 Å². The van der Waals surface area contributed by atoms with Crippen LogP contribution in [0.3, 0.4) is 0 Å². The second-order valence-corrected chi connectivity index (χ2v) is 11.5. The first kappa shape index (κ1) is 22.8. The molecule has 0 heterocycles. The molecule has 0 spiro atoms. The molecule has 0 unspecified atom stereocenters. The number of aldehydes is 1. The number of halogens is 2. The summed E-state index contributed by atoms with van der Waals surface area (Å²) in [7, 11) is -3.97. The van der Waals surface area contributed by atoms with Gasteiger partial charge < -0.3 is 14.8 Å². The predicted molar refractivity (Wildman–Crippen MR) is 117 cm³/mol. The van der Waals surface area contributed by atoms with Crippen LogP contribution < -0.4 is 5.32 Å². The smallest absolute Gasteiger partial charge is 0.408 e. The third-order valence-corrected chi connectivity index (χ3v) is 7.84. The first-order valence-electron chi connectivity index (χ1n) is 9.13. The number of alkyl carbamates (subject to hydrolysis) is 1. The largest absolute Gasteiger partial charge is 0.444 e. The van der Waals surface area contributed by atoms with Crippen molar-refractivity contribution in [1.29, 1.82) is 0 Å². The number of benzene rings is 2. The topological polar surface area (TPSA) is 89.5 Å². The maximum atomic E-state index is 13.4. The Hall–Kier alpha value is -1.90. The minimum Gasteiger partial charge on any atom is -0.444 e. The quantitative estimate of drug-likeness (QED) is 0.593. The lowest BCUT2D eigenvalue weighted by atomic mass is 10.1. The van der Waals surface area contributed by atoms with Crippen molar-refractivity contribution in [3.05, 3.63) is 63.6 Å². The van der Waals surface area contributed by atoms with Gasteiger partial charge in [-0.3, -0.25) is 0 Å². The molecular weight excluding hydrogens is 494 g/mol. The summed E-state index contributed by atoms with van der Waals surface area (Å²) in [4.78, 5) is 24.7. The van der Waals surface area contributed by atoms with Crippen molar-refractivity contribution in [2.45, 2.75) is 48.0 Å². The molecule has 0 aromatic heterocycles. The summed E-state index contributed by atoms with van der Waals surface area (Å²) in [6.07, 6.45) is -0.368. The number of nitrogens with one attached hydrogen (secondary N) is 1. The zero-order valence-corrected chi connectivity index (χ0v) is 19.7. The van der Waals surface area contributed by atoms with Crippen LogP contribution in [-0.4, -0.2) is 37.2 Å². The molecule has 3 atom stereocenters. The normalized spacial score (nSPS) is 23.5. The van der Waals surface area contributed by atoms with Crippen molar-refractivity contribution in [2.75, 3.05) is 0 Å². The van der Waals surface area contributed by atoms with Crippen molar-refractivity contribution in [1.82, 2.24) is 5.32 Å². The monoisotopic (exact) mass is 513 g/mol. The maximum Gasteiger partial charge on any atom is 0.408 e. The number of sulfone groups is 1. The molecule has 3 rings (SSSR count). The highest BCUT2D eigenvalue weighted by Gasteiger charge is 2.73. The second kappa shape index (κ2) is 7.98. The van der Waals surface area contributed by atoms with Crippen LogP contribution in [0.15, 0.2) is 57.9 Å². The van der Waals surface area contributed by atoms with Gasteiger partial charge in [0.05, 0.1) is 4.90 Å². The third-order valence-electron chi connectivity index (χ3n) is 4.80.